The number of anilines is 1. The lowest BCUT2D eigenvalue weighted by molar-refractivity contribution is -0.117. The number of nitrogens with zero attached hydrogens (tertiary/aromatic N) is 5. The molecule has 0 bridgehead atoms. The Kier molecular flexibility index (Phi) is 6.58. The molecule has 0 spiro atoms. The van der Waals surface area contributed by atoms with Gasteiger partial charge < -0.3 is 5.32 Å². The fourth-order valence-electron chi connectivity index (χ4n) is 2.90. The fraction of sp³-hybridized carbons (Fsp3) is 0.300. The molecule has 0 unspecified atom stereocenters. The Balaban J connectivity index is 1.69. The van der Waals surface area contributed by atoms with Crippen molar-refractivity contribution < 1.29 is 13.2 Å². The molecule has 1 N–H and O–H groups in total. The molecule has 3 rings (SSSR count). The minimum Gasteiger partial charge on any atom is -0.324 e. The quantitative estimate of drug-likeness (QED) is 0.590. The third-order valence-electron chi connectivity index (χ3n) is 4.51. The molecule has 9 nitrogen and oxygen atoms in total. The first-order valence-corrected chi connectivity index (χ1v) is 11.0. The van der Waals surface area contributed by atoms with Crippen molar-refractivity contribution in [3.05, 3.63) is 54.1 Å². The van der Waals surface area contributed by atoms with E-state index in [1.54, 1.807) is 26.0 Å². The van der Waals surface area contributed by atoms with Gasteiger partial charge in [-0.25, -0.2) is 8.42 Å². The number of benzene rings is 2. The minimum absolute atomic E-state index is 0.129. The molecule has 1 amide bonds. The van der Waals surface area contributed by atoms with Crippen molar-refractivity contribution in [2.24, 2.45) is 0 Å². The van der Waals surface area contributed by atoms with E-state index in [9.17, 15) is 13.2 Å². The summed E-state index contributed by atoms with van der Waals surface area (Å²) < 4.78 is 26.7. The SMILES string of the molecule is CCN(CC)S(=O)(=O)c1cccc(NC(=O)Cn2nnc(-c3ccc(C)cc3)n2)c1. The molecule has 158 valence electrons. The Bertz CT molecular complexity index is 1120. The van der Waals surface area contributed by atoms with Gasteiger partial charge in [0, 0.05) is 24.3 Å². The first-order valence-electron chi connectivity index (χ1n) is 9.58. The number of hydrogen-bond acceptors (Lipinski definition) is 6. The maximum Gasteiger partial charge on any atom is 0.248 e. The molecule has 10 heteroatoms. The number of amides is 1. The van der Waals surface area contributed by atoms with Gasteiger partial charge >= 0.3 is 0 Å². The Morgan fingerprint density at radius 2 is 1.80 bits per heavy atom. The smallest absolute Gasteiger partial charge is 0.248 e. The first kappa shape index (κ1) is 21.6. The van der Waals surface area contributed by atoms with Gasteiger partial charge in [0.25, 0.3) is 0 Å². The maximum absolute atomic E-state index is 12.7. The number of hydrogen-bond donors (Lipinski definition) is 1. The number of carbonyl (C=O) groups is 1. The summed E-state index contributed by atoms with van der Waals surface area (Å²) >= 11 is 0. The predicted octanol–water partition coefficient (Wildman–Crippen LogP) is 2.32. The van der Waals surface area contributed by atoms with Gasteiger partial charge in [-0.1, -0.05) is 49.7 Å². The monoisotopic (exact) mass is 428 g/mol. The lowest BCUT2D eigenvalue weighted by Gasteiger charge is -2.18. The first-order chi connectivity index (χ1) is 14.3. The zero-order chi connectivity index (χ0) is 21.7. The molecule has 0 fully saturated rings. The summed E-state index contributed by atoms with van der Waals surface area (Å²) in [7, 11) is -3.61. The van der Waals surface area contributed by atoms with Crippen LogP contribution >= 0.6 is 0 Å². The second-order valence-corrected chi connectivity index (χ2v) is 8.61. The van der Waals surface area contributed by atoms with Gasteiger partial charge in [-0.15, -0.1) is 10.2 Å². The van der Waals surface area contributed by atoms with Crippen LogP contribution in [0.15, 0.2) is 53.4 Å². The predicted molar refractivity (Wildman–Crippen MR) is 113 cm³/mol. The third-order valence-corrected chi connectivity index (χ3v) is 6.55. The van der Waals surface area contributed by atoms with Crippen molar-refractivity contribution >= 4 is 21.6 Å². The molecule has 3 aromatic rings. The van der Waals surface area contributed by atoms with Crippen LogP contribution in [0.2, 0.25) is 0 Å². The molecule has 0 aliphatic heterocycles. The summed E-state index contributed by atoms with van der Waals surface area (Å²) in [5.41, 5.74) is 2.31. The lowest BCUT2D eigenvalue weighted by Crippen LogP contribution is -2.30. The highest BCUT2D eigenvalue weighted by Gasteiger charge is 2.22. The number of aromatic nitrogens is 4. The van der Waals surface area contributed by atoms with E-state index in [4.69, 9.17) is 0 Å². The number of rotatable bonds is 8. The van der Waals surface area contributed by atoms with Crippen molar-refractivity contribution in [2.45, 2.75) is 32.2 Å². The van der Waals surface area contributed by atoms with E-state index in [1.807, 2.05) is 31.2 Å². The van der Waals surface area contributed by atoms with Gasteiger partial charge in [-0.05, 0) is 30.3 Å². The van der Waals surface area contributed by atoms with Crippen LogP contribution < -0.4 is 5.32 Å². The van der Waals surface area contributed by atoms with Crippen molar-refractivity contribution in [3.8, 4) is 11.4 Å². The van der Waals surface area contributed by atoms with Gasteiger partial charge in [-0.3, -0.25) is 4.79 Å². The normalized spacial score (nSPS) is 11.6. The summed E-state index contributed by atoms with van der Waals surface area (Å²) in [6, 6.07) is 13.8. The second-order valence-electron chi connectivity index (χ2n) is 6.67. The van der Waals surface area contributed by atoms with Gasteiger partial charge in [0.2, 0.25) is 21.8 Å². The van der Waals surface area contributed by atoms with Gasteiger partial charge in [0.05, 0.1) is 4.90 Å². The number of aryl methyl sites for hydroxylation is 1. The van der Waals surface area contributed by atoms with Crippen LogP contribution in [0.5, 0.6) is 0 Å². The molecule has 1 heterocycles. The fourth-order valence-corrected chi connectivity index (χ4v) is 4.41. The third kappa shape index (κ3) is 4.89. The highest BCUT2D eigenvalue weighted by molar-refractivity contribution is 7.89. The van der Waals surface area contributed by atoms with Crippen molar-refractivity contribution in [1.82, 2.24) is 24.5 Å². The van der Waals surface area contributed by atoms with Crippen LogP contribution in [0.4, 0.5) is 5.69 Å². The van der Waals surface area contributed by atoms with Crippen molar-refractivity contribution in [2.75, 3.05) is 18.4 Å². The highest BCUT2D eigenvalue weighted by atomic mass is 32.2. The summed E-state index contributed by atoms with van der Waals surface area (Å²) in [5, 5.41) is 14.8. The van der Waals surface area contributed by atoms with E-state index >= 15 is 0 Å². The molecular formula is C20H24N6O3S. The Morgan fingerprint density at radius 1 is 1.10 bits per heavy atom. The van der Waals surface area contributed by atoms with Gasteiger partial charge in [-0.2, -0.15) is 9.10 Å². The average molecular weight is 429 g/mol. The molecule has 30 heavy (non-hydrogen) atoms. The molecule has 0 atom stereocenters. The molecule has 0 saturated carbocycles. The molecule has 2 aromatic carbocycles. The summed E-state index contributed by atoms with van der Waals surface area (Å²) in [6.07, 6.45) is 0. The number of sulfonamides is 1. The van der Waals surface area contributed by atoms with Gasteiger partial charge in [0.15, 0.2) is 0 Å². The van der Waals surface area contributed by atoms with Crippen LogP contribution in [0, 0.1) is 6.92 Å². The van der Waals surface area contributed by atoms with E-state index in [2.05, 4.69) is 20.7 Å². The van der Waals surface area contributed by atoms with Crippen LogP contribution in [0.3, 0.4) is 0 Å². The topological polar surface area (TPSA) is 110 Å². The van der Waals surface area contributed by atoms with E-state index in [1.165, 1.54) is 21.2 Å². The number of tetrazole rings is 1. The number of nitrogens with one attached hydrogen (secondary N) is 1. The highest BCUT2D eigenvalue weighted by Crippen LogP contribution is 2.19. The minimum atomic E-state index is -3.61. The van der Waals surface area contributed by atoms with E-state index in [-0.39, 0.29) is 17.3 Å². The molecule has 0 aliphatic rings. The Labute approximate surface area is 175 Å². The molecule has 0 saturated heterocycles. The average Bonchev–Trinajstić information content (AvgIpc) is 3.17. The Hall–Kier alpha value is -3.11. The van der Waals surface area contributed by atoms with Crippen molar-refractivity contribution in [3.63, 3.8) is 0 Å². The zero-order valence-corrected chi connectivity index (χ0v) is 17.9. The number of carbonyl (C=O) groups excluding carboxylic acids is 1. The Morgan fingerprint density at radius 3 is 2.47 bits per heavy atom. The maximum atomic E-state index is 12.7. The van der Waals surface area contributed by atoms with Crippen LogP contribution in [0.1, 0.15) is 19.4 Å². The zero-order valence-electron chi connectivity index (χ0n) is 17.1. The lowest BCUT2D eigenvalue weighted by atomic mass is 10.1. The molecule has 0 radical (unpaired) electrons. The summed E-state index contributed by atoms with van der Waals surface area (Å²) in [6.45, 7) is 6.14. The van der Waals surface area contributed by atoms with Crippen LogP contribution in [0.25, 0.3) is 11.4 Å². The molecule has 0 aliphatic carbocycles. The van der Waals surface area contributed by atoms with Crippen molar-refractivity contribution in [1.29, 1.82) is 0 Å². The standard InChI is InChI=1S/C20H24N6O3S/c1-4-25(5-2)30(28,29)18-8-6-7-17(13-18)21-19(27)14-26-23-20(22-24-26)16-11-9-15(3)10-12-16/h6-13H,4-5,14H2,1-3H3,(H,21,27). The second kappa shape index (κ2) is 9.14. The van der Waals surface area contributed by atoms with E-state index in [0.29, 0.717) is 24.6 Å². The van der Waals surface area contributed by atoms with E-state index in [0.717, 1.165) is 11.1 Å². The van der Waals surface area contributed by atoms with Crippen LogP contribution in [-0.2, 0) is 21.4 Å². The molecule has 1 aromatic heterocycles. The van der Waals surface area contributed by atoms with Crippen LogP contribution in [-0.4, -0.2) is 51.9 Å². The van der Waals surface area contributed by atoms with Gasteiger partial charge in [0.1, 0.15) is 6.54 Å². The molecular weight excluding hydrogens is 404 g/mol. The largest absolute Gasteiger partial charge is 0.324 e. The summed E-state index contributed by atoms with van der Waals surface area (Å²) in [5.74, 6) is 0.0374. The van der Waals surface area contributed by atoms with E-state index < -0.39 is 10.0 Å². The summed E-state index contributed by atoms with van der Waals surface area (Å²) in [4.78, 5) is 13.7.